The molecule has 0 radical (unpaired) electrons. The first-order valence-corrected chi connectivity index (χ1v) is 18.0. The van der Waals surface area contributed by atoms with Gasteiger partial charge in [0.2, 0.25) is 5.91 Å². The van der Waals surface area contributed by atoms with Crippen LogP contribution in [0.2, 0.25) is 0 Å². The van der Waals surface area contributed by atoms with E-state index in [0.29, 0.717) is 5.91 Å². The Balaban J connectivity index is 3.39. The Labute approximate surface area is 241 Å². The van der Waals surface area contributed by atoms with Gasteiger partial charge < -0.3 is 4.90 Å². The van der Waals surface area contributed by atoms with Crippen LogP contribution >= 0.6 is 0 Å². The molecule has 0 N–H and O–H groups in total. The van der Waals surface area contributed by atoms with Gasteiger partial charge in [-0.1, -0.05) is 187 Å². The van der Waals surface area contributed by atoms with E-state index in [4.69, 9.17) is 0 Å². The maximum absolute atomic E-state index is 12.6. The van der Waals surface area contributed by atoms with Crippen molar-refractivity contribution < 1.29 is 4.79 Å². The minimum absolute atomic E-state index is 0.400. The molecule has 0 saturated heterocycles. The maximum atomic E-state index is 12.6. The van der Waals surface area contributed by atoms with E-state index >= 15 is 0 Å². The van der Waals surface area contributed by atoms with Crippen LogP contribution in [-0.4, -0.2) is 23.9 Å². The highest BCUT2D eigenvalue weighted by atomic mass is 16.2. The van der Waals surface area contributed by atoms with Gasteiger partial charge in [-0.2, -0.15) is 0 Å². The number of hydrogen-bond acceptors (Lipinski definition) is 1. The fraction of sp³-hybridized carbons (Fsp3) is 0.972. The second-order valence-electron chi connectivity index (χ2n) is 12.3. The zero-order valence-electron chi connectivity index (χ0n) is 27.0. The van der Waals surface area contributed by atoms with Crippen LogP contribution in [-0.2, 0) is 4.79 Å². The number of unbranched alkanes of at least 4 members (excludes halogenated alkanes) is 27. The molecule has 0 rings (SSSR count). The second kappa shape index (κ2) is 32.7. The van der Waals surface area contributed by atoms with E-state index < -0.39 is 0 Å². The predicted molar refractivity (Wildman–Crippen MR) is 172 cm³/mol. The average Bonchev–Trinajstić information content (AvgIpc) is 2.93. The molecule has 0 spiro atoms. The van der Waals surface area contributed by atoms with Gasteiger partial charge in [0.15, 0.2) is 0 Å². The third kappa shape index (κ3) is 28.5. The topological polar surface area (TPSA) is 20.3 Å². The molecule has 228 valence electrons. The molecule has 0 aromatic heterocycles. The Morgan fingerprint density at radius 3 is 0.921 bits per heavy atom. The number of amides is 1. The molecule has 0 heterocycles. The third-order valence-electron chi connectivity index (χ3n) is 8.51. The number of carbonyl (C=O) groups is 1. The number of nitrogens with zero attached hydrogens (tertiary/aromatic N) is 1. The Bertz CT molecular complexity index is 449. The molecule has 0 aliphatic heterocycles. The van der Waals surface area contributed by atoms with Gasteiger partial charge in [-0.05, 0) is 19.8 Å². The van der Waals surface area contributed by atoms with Crippen LogP contribution in [0.5, 0.6) is 0 Å². The molecular weight excluding hydrogens is 462 g/mol. The third-order valence-corrected chi connectivity index (χ3v) is 8.51. The van der Waals surface area contributed by atoms with E-state index in [0.717, 1.165) is 25.9 Å². The summed E-state index contributed by atoms with van der Waals surface area (Å²) in [7, 11) is 0. The first-order chi connectivity index (χ1) is 18.8. The lowest BCUT2D eigenvalue weighted by Crippen LogP contribution is -2.31. The zero-order valence-corrected chi connectivity index (χ0v) is 27.0. The van der Waals surface area contributed by atoms with Crippen LogP contribution in [0.25, 0.3) is 0 Å². The minimum Gasteiger partial charge on any atom is -0.343 e. The summed E-state index contributed by atoms with van der Waals surface area (Å²) in [5.41, 5.74) is 0. The molecule has 0 aliphatic carbocycles. The van der Waals surface area contributed by atoms with E-state index in [2.05, 4.69) is 25.7 Å². The van der Waals surface area contributed by atoms with E-state index in [9.17, 15) is 4.79 Å². The summed E-state index contributed by atoms with van der Waals surface area (Å²) in [4.78, 5) is 14.7. The Morgan fingerprint density at radius 1 is 0.368 bits per heavy atom. The van der Waals surface area contributed by atoms with Crippen molar-refractivity contribution in [1.82, 2.24) is 4.90 Å². The van der Waals surface area contributed by atoms with Crippen molar-refractivity contribution in [2.24, 2.45) is 0 Å². The van der Waals surface area contributed by atoms with Crippen molar-refractivity contribution in [3.8, 4) is 0 Å². The van der Waals surface area contributed by atoms with Gasteiger partial charge in [-0.3, -0.25) is 4.79 Å². The number of rotatable bonds is 32. The van der Waals surface area contributed by atoms with E-state index in [1.165, 1.54) is 180 Å². The van der Waals surface area contributed by atoms with Crippen LogP contribution in [0.4, 0.5) is 0 Å². The summed E-state index contributed by atoms with van der Waals surface area (Å²) >= 11 is 0. The van der Waals surface area contributed by atoms with Gasteiger partial charge in [0, 0.05) is 19.5 Å². The van der Waals surface area contributed by atoms with Gasteiger partial charge in [-0.25, -0.2) is 0 Å². The summed E-state index contributed by atoms with van der Waals surface area (Å²) in [5.74, 6) is 0.400. The van der Waals surface area contributed by atoms with Crippen molar-refractivity contribution in [3.63, 3.8) is 0 Å². The fourth-order valence-electron chi connectivity index (χ4n) is 5.76. The van der Waals surface area contributed by atoms with Crippen LogP contribution in [0.3, 0.4) is 0 Å². The maximum Gasteiger partial charge on any atom is 0.222 e. The zero-order chi connectivity index (χ0) is 27.8. The van der Waals surface area contributed by atoms with Gasteiger partial charge in [0.05, 0.1) is 0 Å². The average molecular weight is 536 g/mol. The molecule has 0 aliphatic rings. The standard InChI is InChI=1S/C36H73NO/c1-4-7-9-11-13-15-17-19-20-21-23-25-27-29-31-33-35-37(6-3)36(38)34-32-30-28-26-24-22-18-16-14-12-10-8-5-2/h4-35H2,1-3H3. The molecule has 0 aromatic rings. The molecule has 2 nitrogen and oxygen atoms in total. The lowest BCUT2D eigenvalue weighted by atomic mass is 10.0. The lowest BCUT2D eigenvalue weighted by molar-refractivity contribution is -0.131. The van der Waals surface area contributed by atoms with Gasteiger partial charge in [0.25, 0.3) is 0 Å². The summed E-state index contributed by atoms with van der Waals surface area (Å²) in [6.07, 6.45) is 41.0. The molecule has 0 bridgehead atoms. The van der Waals surface area contributed by atoms with Crippen LogP contribution in [0, 0.1) is 0 Å². The van der Waals surface area contributed by atoms with Crippen LogP contribution in [0.15, 0.2) is 0 Å². The molecule has 0 aromatic carbocycles. The lowest BCUT2D eigenvalue weighted by Gasteiger charge is -2.21. The highest BCUT2D eigenvalue weighted by Crippen LogP contribution is 2.15. The van der Waals surface area contributed by atoms with E-state index in [-0.39, 0.29) is 0 Å². The van der Waals surface area contributed by atoms with Gasteiger partial charge in [-0.15, -0.1) is 0 Å². The highest BCUT2D eigenvalue weighted by Gasteiger charge is 2.10. The van der Waals surface area contributed by atoms with Gasteiger partial charge >= 0.3 is 0 Å². The van der Waals surface area contributed by atoms with Gasteiger partial charge in [0.1, 0.15) is 0 Å². The molecule has 0 saturated carbocycles. The van der Waals surface area contributed by atoms with Crippen LogP contribution < -0.4 is 0 Å². The van der Waals surface area contributed by atoms with E-state index in [1.807, 2.05) is 0 Å². The number of hydrogen-bond donors (Lipinski definition) is 0. The molecule has 2 heteroatoms. The number of carbonyl (C=O) groups excluding carboxylic acids is 1. The van der Waals surface area contributed by atoms with Crippen LogP contribution in [0.1, 0.15) is 213 Å². The second-order valence-corrected chi connectivity index (χ2v) is 12.3. The van der Waals surface area contributed by atoms with Crippen molar-refractivity contribution in [1.29, 1.82) is 0 Å². The summed E-state index contributed by atoms with van der Waals surface area (Å²) in [6, 6.07) is 0. The molecular formula is C36H73NO. The quantitative estimate of drug-likeness (QED) is 0.0784. The first-order valence-electron chi connectivity index (χ1n) is 18.0. The molecule has 38 heavy (non-hydrogen) atoms. The van der Waals surface area contributed by atoms with Crippen molar-refractivity contribution in [2.75, 3.05) is 13.1 Å². The Kier molecular flexibility index (Phi) is 32.2. The van der Waals surface area contributed by atoms with Crippen molar-refractivity contribution in [2.45, 2.75) is 213 Å². The molecule has 1 amide bonds. The minimum atomic E-state index is 0.400. The smallest absolute Gasteiger partial charge is 0.222 e. The Hall–Kier alpha value is -0.530. The summed E-state index contributed by atoms with van der Waals surface area (Å²) < 4.78 is 0. The summed E-state index contributed by atoms with van der Waals surface area (Å²) in [5, 5.41) is 0. The largest absolute Gasteiger partial charge is 0.343 e. The summed E-state index contributed by atoms with van der Waals surface area (Å²) in [6.45, 7) is 8.60. The molecule has 0 unspecified atom stereocenters. The monoisotopic (exact) mass is 536 g/mol. The SMILES string of the molecule is CCCCCCCCCCCCCCCCCCN(CC)C(=O)CCCCCCCCCCCCCCC. The first kappa shape index (κ1) is 37.5. The molecule has 0 fully saturated rings. The van der Waals surface area contributed by atoms with E-state index in [1.54, 1.807) is 0 Å². The van der Waals surface area contributed by atoms with Crippen molar-refractivity contribution >= 4 is 5.91 Å². The van der Waals surface area contributed by atoms with Crippen molar-refractivity contribution in [3.05, 3.63) is 0 Å². The predicted octanol–water partition coefficient (Wildman–Crippen LogP) is 12.6. The molecule has 0 atom stereocenters. The Morgan fingerprint density at radius 2 is 0.632 bits per heavy atom. The fourth-order valence-corrected chi connectivity index (χ4v) is 5.76. The highest BCUT2D eigenvalue weighted by molar-refractivity contribution is 5.76. The normalized spacial score (nSPS) is 11.3.